The van der Waals surface area contributed by atoms with Crippen molar-refractivity contribution in [2.75, 3.05) is 35.5 Å². The molecule has 1 unspecified atom stereocenters. The minimum Gasteiger partial charge on any atom is -0.497 e. The topological polar surface area (TPSA) is 63.2 Å². The van der Waals surface area contributed by atoms with Crippen LogP contribution in [0, 0.1) is 0 Å². The van der Waals surface area contributed by atoms with Gasteiger partial charge in [0.05, 0.1) is 32.8 Å². The van der Waals surface area contributed by atoms with Gasteiger partial charge in [-0.15, -0.1) is 0 Å². The smallest absolute Gasteiger partial charge is 0.179 e. The number of hydrogen-bond donors (Lipinski definition) is 0. The van der Waals surface area contributed by atoms with Crippen LogP contribution in [0.5, 0.6) is 17.2 Å². The van der Waals surface area contributed by atoms with Crippen LogP contribution in [-0.4, -0.2) is 47.6 Å². The first-order valence-electron chi connectivity index (χ1n) is 8.05. The van der Waals surface area contributed by atoms with Crippen LogP contribution >= 0.6 is 0 Å². The molecule has 6 nitrogen and oxygen atoms in total. The number of hydrogen-bond acceptors (Lipinski definition) is 6. The monoisotopic (exact) mass is 360 g/mol. The fourth-order valence-corrected chi connectivity index (χ4v) is 2.78. The zero-order chi connectivity index (χ0) is 19.1. The Morgan fingerprint density at radius 2 is 1.35 bits per heavy atom. The third-order valence-electron chi connectivity index (χ3n) is 4.17. The molecule has 0 N–H and O–H groups in total. The summed E-state index contributed by atoms with van der Waals surface area (Å²) in [6, 6.07) is 12.3. The molecule has 0 aliphatic heterocycles. The molecular formula is C20H24O6. The molecule has 26 heavy (non-hydrogen) atoms. The van der Waals surface area contributed by atoms with Crippen LogP contribution in [0.3, 0.4) is 0 Å². The lowest BCUT2D eigenvalue weighted by molar-refractivity contribution is -0.110. The number of carbonyl (C=O) groups is 1. The average molecular weight is 360 g/mol. The Morgan fingerprint density at radius 3 is 1.85 bits per heavy atom. The first-order chi connectivity index (χ1) is 12.6. The van der Waals surface area contributed by atoms with Gasteiger partial charge in [-0.1, -0.05) is 12.1 Å². The normalized spacial score (nSPS) is 11.9. The lowest BCUT2D eigenvalue weighted by atomic mass is 9.89. The van der Waals surface area contributed by atoms with Crippen molar-refractivity contribution in [2.24, 2.45) is 0 Å². The zero-order valence-electron chi connectivity index (χ0n) is 15.6. The predicted molar refractivity (Wildman–Crippen MR) is 97.4 cm³/mol. The Hall–Kier alpha value is -2.57. The minimum absolute atomic E-state index is 0.177. The summed E-state index contributed by atoms with van der Waals surface area (Å²) in [7, 11) is 7.67. The van der Waals surface area contributed by atoms with Crippen LogP contribution in [0.2, 0.25) is 0 Å². The van der Waals surface area contributed by atoms with Crippen LogP contribution in [0.4, 0.5) is 0 Å². The number of Topliss-reactive ketones (excluding diaryl/α,β-unsaturated/α-hetero) is 1. The molecule has 0 aliphatic rings. The minimum atomic E-state index is -0.747. The van der Waals surface area contributed by atoms with Gasteiger partial charge in [0.15, 0.2) is 12.1 Å². The van der Waals surface area contributed by atoms with E-state index in [1.54, 1.807) is 44.6 Å². The number of ether oxygens (including phenoxy) is 5. The molecule has 0 amide bonds. The molecule has 0 bridgehead atoms. The fraction of sp³-hybridized carbons (Fsp3) is 0.350. The van der Waals surface area contributed by atoms with E-state index in [0.717, 1.165) is 5.56 Å². The van der Waals surface area contributed by atoms with Gasteiger partial charge in [0.1, 0.15) is 17.2 Å². The second-order valence-electron chi connectivity index (χ2n) is 5.52. The molecule has 2 aromatic carbocycles. The summed E-state index contributed by atoms with van der Waals surface area (Å²) in [6.07, 6.45) is -0.747. The Bertz CT molecular complexity index is 722. The first-order valence-corrected chi connectivity index (χ1v) is 8.05. The Morgan fingerprint density at radius 1 is 0.769 bits per heavy atom. The van der Waals surface area contributed by atoms with Gasteiger partial charge in [-0.25, -0.2) is 0 Å². The maximum atomic E-state index is 13.3. The van der Waals surface area contributed by atoms with Gasteiger partial charge in [0.25, 0.3) is 0 Å². The largest absolute Gasteiger partial charge is 0.497 e. The van der Waals surface area contributed by atoms with Crippen molar-refractivity contribution in [3.05, 3.63) is 53.6 Å². The van der Waals surface area contributed by atoms with Gasteiger partial charge in [-0.05, 0) is 29.8 Å². The Kier molecular flexibility index (Phi) is 7.00. The van der Waals surface area contributed by atoms with Crippen LogP contribution in [-0.2, 0) is 9.47 Å². The highest BCUT2D eigenvalue weighted by atomic mass is 16.7. The summed E-state index contributed by atoms with van der Waals surface area (Å²) in [5.74, 6) is 0.892. The van der Waals surface area contributed by atoms with Crippen molar-refractivity contribution in [1.82, 2.24) is 0 Å². The molecule has 0 heterocycles. The van der Waals surface area contributed by atoms with Crippen LogP contribution < -0.4 is 14.2 Å². The van der Waals surface area contributed by atoms with Crippen LogP contribution in [0.15, 0.2) is 42.5 Å². The van der Waals surface area contributed by atoms with E-state index < -0.39 is 12.2 Å². The third kappa shape index (κ3) is 4.15. The number of benzene rings is 2. The van der Waals surface area contributed by atoms with E-state index in [1.807, 2.05) is 12.1 Å². The van der Waals surface area contributed by atoms with Gasteiger partial charge in [0, 0.05) is 20.3 Å². The van der Waals surface area contributed by atoms with Crippen molar-refractivity contribution in [2.45, 2.75) is 12.2 Å². The lowest BCUT2D eigenvalue weighted by Gasteiger charge is -2.25. The van der Waals surface area contributed by atoms with Gasteiger partial charge in [-0.2, -0.15) is 0 Å². The van der Waals surface area contributed by atoms with Crippen LogP contribution in [0.1, 0.15) is 21.8 Å². The third-order valence-corrected chi connectivity index (χ3v) is 4.17. The van der Waals surface area contributed by atoms with Gasteiger partial charge >= 0.3 is 0 Å². The maximum absolute atomic E-state index is 13.3. The molecular weight excluding hydrogens is 336 g/mol. The highest BCUT2D eigenvalue weighted by Gasteiger charge is 2.32. The SMILES string of the molecule is COc1ccc(C(C(=O)c2ccc(OC)cc2OC)C(OC)OC)cc1. The number of ketones is 1. The summed E-state index contributed by atoms with van der Waals surface area (Å²) in [5, 5.41) is 0. The van der Waals surface area contributed by atoms with Crippen molar-refractivity contribution >= 4 is 5.78 Å². The molecule has 0 aliphatic carbocycles. The Balaban J connectivity index is 2.49. The van der Waals surface area contributed by atoms with Crippen molar-refractivity contribution in [3.63, 3.8) is 0 Å². The molecule has 0 saturated carbocycles. The summed E-state index contributed by atoms with van der Waals surface area (Å²) in [5.41, 5.74) is 1.18. The second-order valence-corrected chi connectivity index (χ2v) is 5.52. The summed E-state index contributed by atoms with van der Waals surface area (Å²) in [6.45, 7) is 0. The van der Waals surface area contributed by atoms with E-state index in [0.29, 0.717) is 22.8 Å². The molecule has 2 rings (SSSR count). The van der Waals surface area contributed by atoms with E-state index in [4.69, 9.17) is 23.7 Å². The summed E-state index contributed by atoms with van der Waals surface area (Å²) >= 11 is 0. The van der Waals surface area contributed by atoms with E-state index >= 15 is 0 Å². The highest BCUT2D eigenvalue weighted by molar-refractivity contribution is 6.03. The molecule has 2 aromatic rings. The van der Waals surface area contributed by atoms with Crippen molar-refractivity contribution in [3.8, 4) is 17.2 Å². The number of methoxy groups -OCH3 is 5. The second kappa shape index (κ2) is 9.22. The Labute approximate surface area is 153 Å². The molecule has 0 fully saturated rings. The summed E-state index contributed by atoms with van der Waals surface area (Å²) in [4.78, 5) is 13.3. The molecule has 6 heteroatoms. The predicted octanol–water partition coefficient (Wildman–Crippen LogP) is 3.30. The van der Waals surface area contributed by atoms with E-state index in [9.17, 15) is 4.79 Å². The molecule has 0 radical (unpaired) electrons. The van der Waals surface area contributed by atoms with Gasteiger partial charge < -0.3 is 23.7 Å². The fourth-order valence-electron chi connectivity index (χ4n) is 2.78. The van der Waals surface area contributed by atoms with Crippen molar-refractivity contribution in [1.29, 1.82) is 0 Å². The maximum Gasteiger partial charge on any atom is 0.179 e. The van der Waals surface area contributed by atoms with Crippen LogP contribution in [0.25, 0.3) is 0 Å². The van der Waals surface area contributed by atoms with Gasteiger partial charge in [-0.3, -0.25) is 4.79 Å². The van der Waals surface area contributed by atoms with Gasteiger partial charge in [0.2, 0.25) is 0 Å². The molecule has 0 aromatic heterocycles. The molecule has 0 saturated heterocycles. The zero-order valence-corrected chi connectivity index (χ0v) is 15.6. The quantitative estimate of drug-likeness (QED) is 0.505. The lowest BCUT2D eigenvalue weighted by Crippen LogP contribution is -2.30. The molecule has 0 spiro atoms. The highest BCUT2D eigenvalue weighted by Crippen LogP contribution is 2.33. The average Bonchev–Trinajstić information content (AvgIpc) is 2.71. The van der Waals surface area contributed by atoms with E-state index in [2.05, 4.69) is 0 Å². The molecule has 1 atom stereocenters. The standard InChI is InChI=1S/C20H24O6/c1-22-14-8-6-13(7-9-14)18(20(25-4)26-5)19(21)16-11-10-15(23-2)12-17(16)24-3/h6-12,18,20H,1-5H3. The number of carbonyl (C=O) groups excluding carboxylic acids is 1. The van der Waals surface area contributed by atoms with E-state index in [-0.39, 0.29) is 5.78 Å². The van der Waals surface area contributed by atoms with Crippen molar-refractivity contribution < 1.29 is 28.5 Å². The number of rotatable bonds is 9. The molecule has 140 valence electrons. The van der Waals surface area contributed by atoms with E-state index in [1.165, 1.54) is 21.3 Å². The summed E-state index contributed by atoms with van der Waals surface area (Å²) < 4.78 is 26.5. The first kappa shape index (κ1) is 19.8.